The summed E-state index contributed by atoms with van der Waals surface area (Å²) in [4.78, 5) is 5.66. The highest BCUT2D eigenvalue weighted by Gasteiger charge is 2.12. The number of furan rings is 1. The number of aromatic nitrogens is 1. The third-order valence-corrected chi connectivity index (χ3v) is 4.95. The van der Waals surface area contributed by atoms with Crippen molar-refractivity contribution in [3.8, 4) is 17.2 Å². The van der Waals surface area contributed by atoms with E-state index in [4.69, 9.17) is 14.1 Å². The molecule has 0 atom stereocenters. The summed E-state index contributed by atoms with van der Waals surface area (Å²) >= 11 is 1.57. The van der Waals surface area contributed by atoms with Gasteiger partial charge in [0.2, 0.25) is 0 Å². The molecule has 0 fully saturated rings. The van der Waals surface area contributed by atoms with Gasteiger partial charge in [0.15, 0.2) is 10.6 Å². The van der Waals surface area contributed by atoms with Crippen molar-refractivity contribution in [1.29, 1.82) is 0 Å². The smallest absolute Gasteiger partial charge is 0.190 e. The molecule has 0 aliphatic carbocycles. The number of hydrogen-bond acceptors (Lipinski definition) is 4. The molecule has 2 heterocycles. The standard InChI is InChI=1S/C21H18N2O2S/c1-3-12-23-17(20-13-15-8-4-6-10-18(15)25-20)14-26-21(23)22-16-9-5-7-11-19(16)24-2/h3-11,13-14H,1,12H2,2H3. The fraction of sp³-hybridized carbons (Fsp3) is 0.0952. The Morgan fingerprint density at radius 2 is 2.00 bits per heavy atom. The molecule has 0 amide bonds. The molecule has 130 valence electrons. The van der Waals surface area contributed by atoms with E-state index in [9.17, 15) is 0 Å². The van der Waals surface area contributed by atoms with Gasteiger partial charge in [0.1, 0.15) is 17.0 Å². The maximum absolute atomic E-state index is 6.03. The van der Waals surface area contributed by atoms with Crippen LogP contribution in [0.2, 0.25) is 0 Å². The Morgan fingerprint density at radius 1 is 1.19 bits per heavy atom. The van der Waals surface area contributed by atoms with Crippen molar-refractivity contribution < 1.29 is 9.15 Å². The van der Waals surface area contributed by atoms with Crippen LogP contribution in [0, 0.1) is 0 Å². The predicted molar refractivity (Wildman–Crippen MR) is 106 cm³/mol. The van der Waals surface area contributed by atoms with Crippen molar-refractivity contribution in [2.24, 2.45) is 4.99 Å². The van der Waals surface area contributed by atoms with Gasteiger partial charge in [-0.2, -0.15) is 0 Å². The number of ether oxygens (including phenoxy) is 1. The summed E-state index contributed by atoms with van der Waals surface area (Å²) in [7, 11) is 1.65. The average molecular weight is 362 g/mol. The van der Waals surface area contributed by atoms with Crippen molar-refractivity contribution >= 4 is 28.0 Å². The molecule has 0 radical (unpaired) electrons. The van der Waals surface area contributed by atoms with E-state index in [1.165, 1.54) is 0 Å². The van der Waals surface area contributed by atoms with Gasteiger partial charge in [-0.3, -0.25) is 0 Å². The molecular weight excluding hydrogens is 344 g/mol. The van der Waals surface area contributed by atoms with Crippen LogP contribution in [0.15, 0.2) is 82.0 Å². The quantitative estimate of drug-likeness (QED) is 0.447. The van der Waals surface area contributed by atoms with Crippen molar-refractivity contribution in [3.05, 3.63) is 77.4 Å². The van der Waals surface area contributed by atoms with Gasteiger partial charge in [0, 0.05) is 17.3 Å². The third kappa shape index (κ3) is 2.97. The molecule has 4 aromatic rings. The number of hydrogen-bond donors (Lipinski definition) is 0. The van der Waals surface area contributed by atoms with Crippen LogP contribution in [0.3, 0.4) is 0 Å². The Morgan fingerprint density at radius 3 is 2.81 bits per heavy atom. The number of fused-ring (bicyclic) bond motifs is 1. The first-order valence-corrected chi connectivity index (χ1v) is 9.14. The zero-order valence-corrected chi connectivity index (χ0v) is 15.2. The minimum absolute atomic E-state index is 0.643. The number of para-hydroxylation sites is 3. The van der Waals surface area contributed by atoms with Gasteiger partial charge < -0.3 is 13.7 Å². The molecule has 0 saturated carbocycles. The van der Waals surface area contributed by atoms with E-state index in [0.29, 0.717) is 6.54 Å². The van der Waals surface area contributed by atoms with Gasteiger partial charge in [-0.15, -0.1) is 17.9 Å². The zero-order valence-electron chi connectivity index (χ0n) is 14.4. The molecular formula is C21H18N2O2S. The van der Waals surface area contributed by atoms with Crippen LogP contribution in [-0.2, 0) is 6.54 Å². The first-order chi connectivity index (χ1) is 12.8. The monoisotopic (exact) mass is 362 g/mol. The second kappa shape index (κ2) is 7.06. The van der Waals surface area contributed by atoms with E-state index >= 15 is 0 Å². The van der Waals surface area contributed by atoms with Gasteiger partial charge in [-0.05, 0) is 24.3 Å². The summed E-state index contributed by atoms with van der Waals surface area (Å²) in [5.41, 5.74) is 2.66. The minimum atomic E-state index is 0.643. The van der Waals surface area contributed by atoms with Gasteiger partial charge in [0.25, 0.3) is 0 Å². The summed E-state index contributed by atoms with van der Waals surface area (Å²) < 4.78 is 13.5. The third-order valence-electron chi connectivity index (χ3n) is 4.09. The highest BCUT2D eigenvalue weighted by atomic mass is 32.1. The average Bonchev–Trinajstić information content (AvgIpc) is 3.26. The maximum atomic E-state index is 6.03. The van der Waals surface area contributed by atoms with Crippen LogP contribution in [-0.4, -0.2) is 11.7 Å². The Balaban J connectivity index is 1.87. The molecule has 2 aromatic carbocycles. The van der Waals surface area contributed by atoms with Gasteiger partial charge >= 0.3 is 0 Å². The fourth-order valence-corrected chi connectivity index (χ4v) is 3.77. The number of benzene rings is 2. The molecule has 0 aliphatic rings. The molecule has 4 nitrogen and oxygen atoms in total. The van der Waals surface area contributed by atoms with E-state index in [0.717, 1.165) is 38.7 Å². The van der Waals surface area contributed by atoms with Crippen LogP contribution in [0.1, 0.15) is 0 Å². The van der Waals surface area contributed by atoms with Crippen molar-refractivity contribution in [2.75, 3.05) is 7.11 Å². The minimum Gasteiger partial charge on any atom is -0.494 e. The van der Waals surface area contributed by atoms with Gasteiger partial charge in [-0.25, -0.2) is 4.99 Å². The Labute approximate surface area is 155 Å². The van der Waals surface area contributed by atoms with E-state index in [1.807, 2.05) is 54.6 Å². The molecule has 0 aliphatic heterocycles. The number of thiazole rings is 1. The van der Waals surface area contributed by atoms with Crippen LogP contribution in [0.5, 0.6) is 5.75 Å². The first-order valence-electron chi connectivity index (χ1n) is 8.26. The van der Waals surface area contributed by atoms with Crippen LogP contribution >= 0.6 is 11.3 Å². The van der Waals surface area contributed by atoms with Crippen LogP contribution in [0.25, 0.3) is 22.4 Å². The lowest BCUT2D eigenvalue weighted by Gasteiger charge is -2.05. The molecule has 26 heavy (non-hydrogen) atoms. The second-order valence-corrected chi connectivity index (χ2v) is 6.57. The largest absolute Gasteiger partial charge is 0.494 e. The van der Waals surface area contributed by atoms with E-state index in [2.05, 4.69) is 22.6 Å². The van der Waals surface area contributed by atoms with E-state index in [-0.39, 0.29) is 0 Å². The molecule has 0 unspecified atom stereocenters. The van der Waals surface area contributed by atoms with E-state index < -0.39 is 0 Å². The SMILES string of the molecule is C=CCn1c(-c2cc3ccccc3o2)csc1=Nc1ccccc1OC. The number of allylic oxidation sites excluding steroid dienone is 1. The maximum Gasteiger partial charge on any atom is 0.190 e. The Hall–Kier alpha value is -3.05. The second-order valence-electron chi connectivity index (χ2n) is 5.73. The normalized spacial score (nSPS) is 11.8. The van der Waals surface area contributed by atoms with E-state index in [1.54, 1.807) is 18.4 Å². The summed E-state index contributed by atoms with van der Waals surface area (Å²) in [6, 6.07) is 17.8. The van der Waals surface area contributed by atoms with Crippen LogP contribution in [0.4, 0.5) is 5.69 Å². The molecule has 5 heteroatoms. The van der Waals surface area contributed by atoms with Crippen molar-refractivity contribution in [3.63, 3.8) is 0 Å². The van der Waals surface area contributed by atoms with Gasteiger partial charge in [0.05, 0.1) is 12.8 Å². The highest BCUT2D eigenvalue weighted by molar-refractivity contribution is 7.07. The Bertz CT molecular complexity index is 1100. The lowest BCUT2D eigenvalue weighted by molar-refractivity contribution is 0.416. The van der Waals surface area contributed by atoms with Crippen LogP contribution < -0.4 is 9.54 Å². The van der Waals surface area contributed by atoms with Crippen molar-refractivity contribution in [2.45, 2.75) is 6.54 Å². The molecule has 0 bridgehead atoms. The molecule has 4 rings (SSSR count). The molecule has 0 spiro atoms. The lowest BCUT2D eigenvalue weighted by atomic mass is 10.2. The van der Waals surface area contributed by atoms with Crippen molar-refractivity contribution in [1.82, 2.24) is 4.57 Å². The summed E-state index contributed by atoms with van der Waals surface area (Å²) in [6.45, 7) is 4.52. The lowest BCUT2D eigenvalue weighted by Crippen LogP contribution is -2.14. The molecule has 0 N–H and O–H groups in total. The Kier molecular flexibility index (Phi) is 4.46. The summed E-state index contributed by atoms with van der Waals surface area (Å²) in [5, 5.41) is 3.15. The number of rotatable bonds is 5. The molecule has 0 saturated heterocycles. The highest BCUT2D eigenvalue weighted by Crippen LogP contribution is 2.29. The van der Waals surface area contributed by atoms with Gasteiger partial charge in [-0.1, -0.05) is 36.4 Å². The zero-order chi connectivity index (χ0) is 17.9. The predicted octanol–water partition coefficient (Wildman–Crippen LogP) is 5.39. The number of methoxy groups -OCH3 is 1. The fourth-order valence-electron chi connectivity index (χ4n) is 2.86. The summed E-state index contributed by atoms with van der Waals surface area (Å²) in [5.74, 6) is 1.57. The molecule has 2 aromatic heterocycles. The number of nitrogens with zero attached hydrogens (tertiary/aromatic N) is 2. The topological polar surface area (TPSA) is 39.7 Å². The summed E-state index contributed by atoms with van der Waals surface area (Å²) in [6.07, 6.45) is 1.86. The first kappa shape index (κ1) is 16.4.